The van der Waals surface area contributed by atoms with Crippen LogP contribution in [-0.2, 0) is 27.3 Å². The molecule has 0 aliphatic heterocycles. The van der Waals surface area contributed by atoms with Crippen molar-refractivity contribution in [3.05, 3.63) is 69.8 Å². The van der Waals surface area contributed by atoms with Gasteiger partial charge in [-0.05, 0) is 29.8 Å². The molecule has 0 spiro atoms. The van der Waals surface area contributed by atoms with Crippen molar-refractivity contribution in [2.75, 3.05) is 14.2 Å². The molecule has 0 radical (unpaired) electrons. The van der Waals surface area contributed by atoms with Crippen molar-refractivity contribution in [3.63, 3.8) is 0 Å². The largest absolute Gasteiger partial charge is 0.416 e. The van der Waals surface area contributed by atoms with E-state index in [-0.39, 0.29) is 24.1 Å². The topological polar surface area (TPSA) is 73.9 Å². The number of nitrogens with one attached hydrogen (secondary N) is 2. The van der Waals surface area contributed by atoms with E-state index >= 15 is 0 Å². The van der Waals surface area contributed by atoms with Crippen LogP contribution < -0.4 is 10.5 Å². The first-order valence-electron chi connectivity index (χ1n) is 9.21. The molecule has 32 heavy (non-hydrogen) atoms. The zero-order chi connectivity index (χ0) is 24.1. The van der Waals surface area contributed by atoms with Crippen molar-refractivity contribution >= 4 is 17.3 Å². The van der Waals surface area contributed by atoms with E-state index in [1.807, 2.05) is 0 Å². The second-order valence-electron chi connectivity index (χ2n) is 6.64. The summed E-state index contributed by atoms with van der Waals surface area (Å²) in [5.41, 5.74) is -0.548. The second-order valence-corrected chi connectivity index (χ2v) is 6.64. The van der Waals surface area contributed by atoms with Crippen LogP contribution in [0.15, 0.2) is 35.5 Å². The average molecular weight is 458 g/mol. The number of aryl methyl sites for hydroxylation is 1. The van der Waals surface area contributed by atoms with Crippen LogP contribution in [0.4, 0.5) is 22.0 Å². The first-order chi connectivity index (χ1) is 15.0. The smallest absolute Gasteiger partial charge is 0.398 e. The molecule has 0 fully saturated rings. The van der Waals surface area contributed by atoms with E-state index in [4.69, 9.17) is 9.68 Å². The Bertz CT molecular complexity index is 1070. The predicted molar refractivity (Wildman–Crippen MR) is 106 cm³/mol. The molecular weight excluding hydrogens is 437 g/mol. The van der Waals surface area contributed by atoms with Gasteiger partial charge >= 0.3 is 6.18 Å². The Morgan fingerprint density at radius 3 is 2.47 bits per heavy atom. The second kappa shape index (κ2) is 10.2. The van der Waals surface area contributed by atoms with Crippen molar-refractivity contribution < 1.29 is 41.6 Å². The Morgan fingerprint density at radius 1 is 1.19 bits per heavy atom. The first kappa shape index (κ1) is 24.8. The number of alkyl halides is 3. The summed E-state index contributed by atoms with van der Waals surface area (Å²) in [6.07, 6.45) is -4.85. The van der Waals surface area contributed by atoms with Gasteiger partial charge in [-0.25, -0.2) is 8.78 Å². The summed E-state index contributed by atoms with van der Waals surface area (Å²) in [6, 6.07) is 5.61. The first-order valence-corrected chi connectivity index (χ1v) is 9.21. The van der Waals surface area contributed by atoms with E-state index in [0.717, 1.165) is 0 Å². The van der Waals surface area contributed by atoms with Gasteiger partial charge in [-0.2, -0.15) is 13.2 Å². The SMILES string of the molecule is CNC(=O)/C(=N/OC)c1cccc(C)c1CO/[NH+]=C(\C)c1cc(C(F)(F)F)cc(F)c1F. The predicted octanol–water partition coefficient (Wildman–Crippen LogP) is 2.41. The minimum Gasteiger partial charge on any atom is -0.398 e. The molecule has 0 aliphatic carbocycles. The van der Waals surface area contributed by atoms with Gasteiger partial charge in [-0.1, -0.05) is 23.4 Å². The van der Waals surface area contributed by atoms with Crippen molar-refractivity contribution in [1.82, 2.24) is 5.32 Å². The lowest BCUT2D eigenvalue weighted by Crippen LogP contribution is -2.71. The summed E-state index contributed by atoms with van der Waals surface area (Å²) >= 11 is 0. The summed E-state index contributed by atoms with van der Waals surface area (Å²) in [5, 5.41) is 8.51. The Labute approximate surface area is 180 Å². The van der Waals surface area contributed by atoms with Gasteiger partial charge in [0, 0.05) is 25.1 Å². The summed E-state index contributed by atoms with van der Waals surface area (Å²) < 4.78 is 66.6. The van der Waals surface area contributed by atoms with Crippen LogP contribution >= 0.6 is 0 Å². The fraction of sp³-hybridized carbons (Fsp3) is 0.286. The average Bonchev–Trinajstić information content (AvgIpc) is 2.73. The quantitative estimate of drug-likeness (QED) is 0.380. The number of halogens is 5. The van der Waals surface area contributed by atoms with Gasteiger partial charge in [-0.15, -0.1) is 0 Å². The third-order valence-corrected chi connectivity index (χ3v) is 4.49. The molecule has 0 aliphatic rings. The minimum atomic E-state index is -4.85. The van der Waals surface area contributed by atoms with Gasteiger partial charge in [0.1, 0.15) is 7.11 Å². The van der Waals surface area contributed by atoms with E-state index in [1.165, 1.54) is 21.1 Å². The number of nitrogens with zero attached hydrogens (tertiary/aromatic N) is 1. The zero-order valence-corrected chi connectivity index (χ0v) is 17.7. The Kier molecular flexibility index (Phi) is 7.90. The number of rotatable bonds is 7. The standard InChI is InChI=1S/C21H20F5N3O3/c1-11-6-5-7-14(19(29-31-4)20(30)27-3)16(11)10-32-28-12(2)15-8-13(21(24,25)26)9-17(22)18(15)23/h5-9H,10H2,1-4H3,(H,27,30)/p+1/b28-12+,29-19+. The lowest BCUT2D eigenvalue weighted by Gasteiger charge is -2.12. The van der Waals surface area contributed by atoms with Crippen LogP contribution in [0.2, 0.25) is 0 Å². The third kappa shape index (κ3) is 5.59. The molecule has 0 saturated heterocycles. The highest BCUT2D eigenvalue weighted by molar-refractivity contribution is 6.45. The number of benzene rings is 2. The monoisotopic (exact) mass is 458 g/mol. The van der Waals surface area contributed by atoms with Gasteiger partial charge in [0.25, 0.3) is 5.91 Å². The number of oxime groups is 1. The molecular formula is C21H21F5N3O3+. The summed E-state index contributed by atoms with van der Waals surface area (Å²) in [5.74, 6) is -3.60. The van der Waals surface area contributed by atoms with Crippen LogP contribution in [0, 0.1) is 18.6 Å². The van der Waals surface area contributed by atoms with Crippen molar-refractivity contribution in [1.29, 1.82) is 0 Å². The normalized spacial score (nSPS) is 12.5. The van der Waals surface area contributed by atoms with Crippen LogP contribution in [0.1, 0.15) is 34.7 Å². The molecule has 2 aromatic rings. The van der Waals surface area contributed by atoms with Gasteiger partial charge in [0.05, 0.1) is 11.1 Å². The fourth-order valence-electron chi connectivity index (χ4n) is 2.84. The lowest BCUT2D eigenvalue weighted by molar-refractivity contribution is -0.758. The van der Waals surface area contributed by atoms with E-state index in [1.54, 1.807) is 25.1 Å². The molecule has 11 heteroatoms. The maximum Gasteiger partial charge on any atom is 0.416 e. The molecule has 2 rings (SSSR count). The number of hydrogen-bond donors (Lipinski definition) is 2. The van der Waals surface area contributed by atoms with E-state index in [9.17, 15) is 26.7 Å². The number of carbonyl (C=O) groups is 1. The molecule has 0 unspecified atom stereocenters. The maximum atomic E-state index is 14.1. The van der Waals surface area contributed by atoms with Crippen LogP contribution in [0.3, 0.4) is 0 Å². The van der Waals surface area contributed by atoms with Gasteiger partial charge < -0.3 is 10.2 Å². The van der Waals surface area contributed by atoms with Gasteiger partial charge in [0.2, 0.25) is 5.71 Å². The van der Waals surface area contributed by atoms with Crippen LogP contribution in [0.5, 0.6) is 0 Å². The van der Waals surface area contributed by atoms with E-state index in [0.29, 0.717) is 22.8 Å². The van der Waals surface area contributed by atoms with E-state index < -0.39 is 34.8 Å². The van der Waals surface area contributed by atoms with Crippen LogP contribution in [0.25, 0.3) is 0 Å². The Morgan fingerprint density at radius 2 is 1.88 bits per heavy atom. The molecule has 0 atom stereocenters. The molecule has 0 saturated carbocycles. The van der Waals surface area contributed by atoms with Crippen molar-refractivity contribution in [3.8, 4) is 0 Å². The van der Waals surface area contributed by atoms with Gasteiger partial charge in [-0.3, -0.25) is 9.63 Å². The molecule has 172 valence electrons. The highest BCUT2D eigenvalue weighted by Gasteiger charge is 2.33. The van der Waals surface area contributed by atoms with Crippen LogP contribution in [-0.4, -0.2) is 31.5 Å². The zero-order valence-electron chi connectivity index (χ0n) is 17.7. The summed E-state index contributed by atoms with van der Waals surface area (Å²) in [4.78, 5) is 22.2. The third-order valence-electron chi connectivity index (χ3n) is 4.49. The molecule has 1 amide bonds. The Balaban J connectivity index is 2.38. The molecule has 6 nitrogen and oxygen atoms in total. The number of hydrogen-bond acceptors (Lipinski definition) is 4. The number of amides is 1. The molecule has 2 N–H and O–H groups in total. The number of likely N-dealkylation sites (N-methyl/N-ethyl adjacent to an activating group) is 1. The van der Waals surface area contributed by atoms with Crippen molar-refractivity contribution in [2.45, 2.75) is 26.6 Å². The fourth-order valence-corrected chi connectivity index (χ4v) is 2.84. The van der Waals surface area contributed by atoms with Gasteiger partial charge in [0.15, 0.2) is 24.0 Å². The summed E-state index contributed by atoms with van der Waals surface area (Å²) in [7, 11) is 2.69. The van der Waals surface area contributed by atoms with E-state index in [2.05, 4.69) is 15.6 Å². The van der Waals surface area contributed by atoms with Crippen molar-refractivity contribution in [2.24, 2.45) is 5.16 Å². The molecule has 0 aromatic heterocycles. The summed E-state index contributed by atoms with van der Waals surface area (Å²) in [6.45, 7) is 2.80. The lowest BCUT2D eigenvalue weighted by atomic mass is 9.98. The maximum absolute atomic E-state index is 14.1. The molecule has 2 aromatic carbocycles. The highest BCUT2D eigenvalue weighted by Crippen LogP contribution is 2.31. The Hall–Kier alpha value is -3.50. The molecule has 0 bridgehead atoms. The number of carbonyl (C=O) groups excluding carboxylic acids is 1. The molecule has 0 heterocycles. The minimum absolute atomic E-state index is 0.0241. The highest BCUT2D eigenvalue weighted by atomic mass is 19.4.